The molecule has 0 saturated carbocycles. The number of esters is 1. The Morgan fingerprint density at radius 3 is 1.64 bits per heavy atom. The maximum atomic E-state index is 13.5. The normalized spacial score (nSPS) is 13.0. The first-order valence-electron chi connectivity index (χ1n) is 15.0. The minimum atomic E-state index is -3.43. The van der Waals surface area contributed by atoms with Crippen LogP contribution in [-0.4, -0.2) is 69.7 Å². The first kappa shape index (κ1) is 35.3. The summed E-state index contributed by atoms with van der Waals surface area (Å²) >= 11 is 0. The van der Waals surface area contributed by atoms with Gasteiger partial charge in [-0.3, -0.25) is 4.79 Å². The Labute approximate surface area is 225 Å². The van der Waals surface area contributed by atoms with Crippen molar-refractivity contribution in [3.8, 4) is 0 Å². The average molecular weight is 533 g/mol. The molecule has 0 amide bonds. The van der Waals surface area contributed by atoms with E-state index in [1.807, 2.05) is 14.1 Å². The number of sulfonamides is 1. The number of nitrogens with zero attached hydrogens (tertiary/aromatic N) is 2. The highest BCUT2D eigenvalue weighted by Gasteiger charge is 2.31. The summed E-state index contributed by atoms with van der Waals surface area (Å²) in [5, 5.41) is 0. The number of hydrogen-bond acceptors (Lipinski definition) is 5. The predicted octanol–water partition coefficient (Wildman–Crippen LogP) is 7.17. The van der Waals surface area contributed by atoms with E-state index in [4.69, 9.17) is 4.74 Å². The van der Waals surface area contributed by atoms with Crippen molar-refractivity contribution in [3.63, 3.8) is 0 Å². The van der Waals surface area contributed by atoms with Gasteiger partial charge in [0.1, 0.15) is 0 Å². The van der Waals surface area contributed by atoms with Gasteiger partial charge in [0, 0.05) is 12.6 Å². The van der Waals surface area contributed by atoms with Gasteiger partial charge in [-0.15, -0.1) is 0 Å². The first-order valence-corrected chi connectivity index (χ1v) is 16.6. The van der Waals surface area contributed by atoms with Crippen LogP contribution in [0, 0.1) is 0 Å². The van der Waals surface area contributed by atoms with E-state index in [-0.39, 0.29) is 24.2 Å². The molecule has 0 rings (SSSR count). The van der Waals surface area contributed by atoms with Crippen molar-refractivity contribution in [2.45, 2.75) is 142 Å². The molecule has 0 aliphatic heterocycles. The van der Waals surface area contributed by atoms with Crippen LogP contribution in [0.25, 0.3) is 0 Å². The lowest BCUT2D eigenvalue weighted by Gasteiger charge is -2.31. The lowest BCUT2D eigenvalue weighted by Crippen LogP contribution is -2.44. The SMILES string of the molecule is CCCCCCCCCCCS(=O)(=O)N(CCCN(C)C)C(CCCCCCCCC)CC(=O)OC. The predicted molar refractivity (Wildman–Crippen MR) is 154 cm³/mol. The van der Waals surface area contributed by atoms with Crippen molar-refractivity contribution in [2.24, 2.45) is 0 Å². The molecule has 0 aliphatic rings. The van der Waals surface area contributed by atoms with Crippen LogP contribution in [0.3, 0.4) is 0 Å². The second-order valence-electron chi connectivity index (χ2n) is 10.8. The van der Waals surface area contributed by atoms with Crippen molar-refractivity contribution in [1.82, 2.24) is 9.21 Å². The summed E-state index contributed by atoms with van der Waals surface area (Å²) in [5.74, 6) is -0.140. The largest absolute Gasteiger partial charge is 0.469 e. The highest BCUT2D eigenvalue weighted by atomic mass is 32.2. The molecule has 0 heterocycles. The minimum absolute atomic E-state index is 0.144. The zero-order valence-electron chi connectivity index (χ0n) is 24.6. The molecule has 0 aromatic heterocycles. The molecular weight excluding hydrogens is 472 g/mol. The van der Waals surface area contributed by atoms with Gasteiger partial charge in [-0.1, -0.05) is 110 Å². The van der Waals surface area contributed by atoms with E-state index >= 15 is 0 Å². The molecule has 6 nitrogen and oxygen atoms in total. The summed E-state index contributed by atoms with van der Waals surface area (Å²) in [6.45, 7) is 5.74. The highest BCUT2D eigenvalue weighted by Crippen LogP contribution is 2.21. The number of unbranched alkanes of at least 4 members (excludes halogenated alkanes) is 14. The Kier molecular flexibility index (Phi) is 23.0. The summed E-state index contributed by atoms with van der Waals surface area (Å²) in [6.07, 6.45) is 20.3. The van der Waals surface area contributed by atoms with Crippen LogP contribution in [0.4, 0.5) is 0 Å². The van der Waals surface area contributed by atoms with Crippen LogP contribution in [0.5, 0.6) is 0 Å². The molecular formula is C29H60N2O4S. The summed E-state index contributed by atoms with van der Waals surface area (Å²) in [7, 11) is 1.97. The molecule has 0 fully saturated rings. The van der Waals surface area contributed by atoms with Gasteiger partial charge >= 0.3 is 5.97 Å². The van der Waals surface area contributed by atoms with E-state index < -0.39 is 10.0 Å². The number of carbonyl (C=O) groups excluding carboxylic acids is 1. The van der Waals surface area contributed by atoms with Crippen LogP contribution in [0.2, 0.25) is 0 Å². The Hall–Kier alpha value is -0.660. The van der Waals surface area contributed by atoms with Gasteiger partial charge in [-0.25, -0.2) is 8.42 Å². The standard InChI is InChI=1S/C29H60N2O4S/c1-6-8-10-12-14-15-17-19-21-26-36(33,34)31(25-22-24-30(3)4)28(27-29(32)35-5)23-20-18-16-13-11-9-7-2/h28H,6-27H2,1-5H3. The molecule has 0 bridgehead atoms. The molecule has 0 aromatic carbocycles. The number of rotatable bonds is 26. The van der Waals surface area contributed by atoms with Crippen molar-refractivity contribution in [1.29, 1.82) is 0 Å². The van der Waals surface area contributed by atoms with E-state index in [0.29, 0.717) is 13.0 Å². The van der Waals surface area contributed by atoms with Gasteiger partial charge in [-0.2, -0.15) is 4.31 Å². The third-order valence-corrected chi connectivity index (χ3v) is 9.03. The molecule has 0 aromatic rings. The summed E-state index contributed by atoms with van der Waals surface area (Å²) in [5.41, 5.74) is 0. The van der Waals surface area contributed by atoms with Crippen molar-refractivity contribution in [2.75, 3.05) is 40.0 Å². The molecule has 0 radical (unpaired) electrons. The van der Waals surface area contributed by atoms with Crippen molar-refractivity contribution >= 4 is 16.0 Å². The van der Waals surface area contributed by atoms with Crippen LogP contribution in [-0.2, 0) is 19.6 Å². The minimum Gasteiger partial charge on any atom is -0.469 e. The smallest absolute Gasteiger partial charge is 0.307 e. The molecule has 0 spiro atoms. The Morgan fingerprint density at radius 2 is 1.17 bits per heavy atom. The molecule has 216 valence electrons. The first-order chi connectivity index (χ1) is 17.3. The van der Waals surface area contributed by atoms with E-state index in [1.54, 1.807) is 4.31 Å². The van der Waals surface area contributed by atoms with Crippen molar-refractivity contribution in [3.05, 3.63) is 0 Å². The topological polar surface area (TPSA) is 66.9 Å². The summed E-state index contributed by atoms with van der Waals surface area (Å²) in [6, 6.07) is -0.307. The maximum absolute atomic E-state index is 13.5. The lowest BCUT2D eigenvalue weighted by molar-refractivity contribution is -0.141. The molecule has 0 saturated heterocycles. The van der Waals surface area contributed by atoms with E-state index in [9.17, 15) is 13.2 Å². The van der Waals surface area contributed by atoms with Gasteiger partial charge < -0.3 is 9.64 Å². The fourth-order valence-electron chi connectivity index (χ4n) is 4.76. The van der Waals surface area contributed by atoms with Gasteiger partial charge in [0.15, 0.2) is 0 Å². The summed E-state index contributed by atoms with van der Waals surface area (Å²) < 4.78 is 33.6. The number of ether oxygens (including phenoxy) is 1. The fraction of sp³-hybridized carbons (Fsp3) is 0.966. The Bertz CT molecular complexity index is 610. The van der Waals surface area contributed by atoms with Gasteiger partial charge in [-0.05, 0) is 39.9 Å². The molecule has 1 atom stereocenters. The number of hydrogen-bond donors (Lipinski definition) is 0. The van der Waals surface area contributed by atoms with Crippen LogP contribution >= 0.6 is 0 Å². The average Bonchev–Trinajstić information content (AvgIpc) is 2.84. The van der Waals surface area contributed by atoms with Gasteiger partial charge in [0.2, 0.25) is 10.0 Å². The molecule has 0 aliphatic carbocycles. The molecule has 0 N–H and O–H groups in total. The monoisotopic (exact) mass is 532 g/mol. The van der Waals surface area contributed by atoms with Crippen LogP contribution < -0.4 is 0 Å². The zero-order valence-corrected chi connectivity index (χ0v) is 25.4. The second-order valence-corrected chi connectivity index (χ2v) is 12.8. The van der Waals surface area contributed by atoms with Crippen LogP contribution in [0.1, 0.15) is 136 Å². The van der Waals surface area contributed by atoms with Gasteiger partial charge in [0.25, 0.3) is 0 Å². The maximum Gasteiger partial charge on any atom is 0.307 e. The molecule has 1 unspecified atom stereocenters. The Balaban J connectivity index is 4.97. The van der Waals surface area contributed by atoms with E-state index in [1.165, 1.54) is 77.7 Å². The quantitative estimate of drug-likeness (QED) is 0.0872. The second kappa shape index (κ2) is 23.5. The highest BCUT2D eigenvalue weighted by molar-refractivity contribution is 7.89. The third-order valence-electron chi connectivity index (χ3n) is 7.03. The number of methoxy groups -OCH3 is 1. The van der Waals surface area contributed by atoms with E-state index in [2.05, 4.69) is 18.7 Å². The lowest BCUT2D eigenvalue weighted by atomic mass is 10.0. The van der Waals surface area contributed by atoms with Crippen molar-refractivity contribution < 1.29 is 17.9 Å². The van der Waals surface area contributed by atoms with Crippen LogP contribution in [0.15, 0.2) is 0 Å². The molecule has 7 heteroatoms. The third kappa shape index (κ3) is 19.5. The zero-order chi connectivity index (χ0) is 27.1. The Morgan fingerprint density at radius 1 is 0.694 bits per heavy atom. The molecule has 36 heavy (non-hydrogen) atoms. The van der Waals surface area contributed by atoms with Gasteiger partial charge in [0.05, 0.1) is 19.3 Å². The summed E-state index contributed by atoms with van der Waals surface area (Å²) in [4.78, 5) is 14.3. The fourth-order valence-corrected chi connectivity index (χ4v) is 6.61. The van der Waals surface area contributed by atoms with E-state index in [0.717, 1.165) is 45.1 Å². The number of carbonyl (C=O) groups is 1.